The van der Waals surface area contributed by atoms with Crippen LogP contribution < -0.4 is 4.74 Å². The van der Waals surface area contributed by atoms with Crippen molar-refractivity contribution in [3.63, 3.8) is 0 Å². The van der Waals surface area contributed by atoms with Gasteiger partial charge < -0.3 is 4.74 Å². The molecule has 0 atom stereocenters. The van der Waals surface area contributed by atoms with Gasteiger partial charge in [-0.15, -0.1) is 11.6 Å². The van der Waals surface area contributed by atoms with E-state index in [0.29, 0.717) is 17.9 Å². The lowest BCUT2D eigenvalue weighted by molar-refractivity contribution is 0.304. The van der Waals surface area contributed by atoms with Gasteiger partial charge in [0.15, 0.2) is 0 Å². The van der Waals surface area contributed by atoms with Gasteiger partial charge in [0.25, 0.3) is 0 Å². The first kappa shape index (κ1) is 13.6. The zero-order valence-corrected chi connectivity index (χ0v) is 12.4. The summed E-state index contributed by atoms with van der Waals surface area (Å²) in [6.45, 7) is 0.419. The van der Waals surface area contributed by atoms with E-state index in [0.717, 1.165) is 5.56 Å². The summed E-state index contributed by atoms with van der Waals surface area (Å²) in [6.07, 6.45) is 0. The Morgan fingerprint density at radius 1 is 1.06 bits per heavy atom. The third-order valence-electron chi connectivity index (χ3n) is 2.40. The normalized spacial score (nSPS) is 10.4. The molecule has 0 unspecified atom stereocenters. The molecular weight excluding hydrogens is 366 g/mol. The molecule has 4 heteroatoms. The Labute approximate surface area is 124 Å². The summed E-state index contributed by atoms with van der Waals surface area (Å²) in [4.78, 5) is 0. The van der Waals surface area contributed by atoms with Crippen LogP contribution >= 0.6 is 34.2 Å². The van der Waals surface area contributed by atoms with Gasteiger partial charge in [-0.3, -0.25) is 0 Å². The highest BCUT2D eigenvalue weighted by atomic mass is 127. The smallest absolute Gasteiger partial charge is 0.127 e. The third-order valence-corrected chi connectivity index (χ3v) is 3.43. The quantitative estimate of drug-likeness (QED) is 0.553. The van der Waals surface area contributed by atoms with Gasteiger partial charge in [0.05, 0.1) is 0 Å². The number of alkyl halides is 1. The summed E-state index contributed by atoms with van der Waals surface area (Å²) < 4.78 is 20.0. The lowest BCUT2D eigenvalue weighted by atomic mass is 10.2. The fourth-order valence-electron chi connectivity index (χ4n) is 1.53. The van der Waals surface area contributed by atoms with E-state index < -0.39 is 0 Å². The second-order valence-electron chi connectivity index (χ2n) is 3.84. The van der Waals surface area contributed by atoms with Crippen LogP contribution in [0.15, 0.2) is 42.5 Å². The number of ether oxygens (including phenoxy) is 1. The van der Waals surface area contributed by atoms with Crippen molar-refractivity contribution in [2.45, 2.75) is 12.5 Å². The van der Waals surface area contributed by atoms with Crippen molar-refractivity contribution in [2.75, 3.05) is 0 Å². The topological polar surface area (TPSA) is 9.23 Å². The van der Waals surface area contributed by atoms with Crippen LogP contribution in [-0.4, -0.2) is 0 Å². The van der Waals surface area contributed by atoms with Crippen molar-refractivity contribution in [2.24, 2.45) is 0 Å². The Kier molecular flexibility index (Phi) is 4.83. The maximum absolute atomic E-state index is 13.3. The summed E-state index contributed by atoms with van der Waals surface area (Å²) in [6, 6.07) is 12.5. The molecule has 0 aliphatic heterocycles. The molecule has 0 saturated carbocycles. The number of halogens is 3. The van der Waals surface area contributed by atoms with Gasteiger partial charge >= 0.3 is 0 Å². The Bertz CT molecular complexity index is 528. The summed E-state index contributed by atoms with van der Waals surface area (Å²) in [5.74, 6) is 0.451. The fourth-order valence-corrected chi connectivity index (χ4v) is 2.04. The Balaban J connectivity index is 2.05. The van der Waals surface area contributed by atoms with Crippen molar-refractivity contribution in [3.05, 3.63) is 63.0 Å². The molecule has 2 rings (SSSR count). The van der Waals surface area contributed by atoms with E-state index in [9.17, 15) is 4.39 Å². The van der Waals surface area contributed by atoms with E-state index in [2.05, 4.69) is 22.6 Å². The fraction of sp³-hybridized carbons (Fsp3) is 0.143. The summed E-state index contributed by atoms with van der Waals surface area (Å²) in [7, 11) is 0. The zero-order valence-electron chi connectivity index (χ0n) is 9.50. The number of rotatable bonds is 4. The monoisotopic (exact) mass is 376 g/mol. The molecule has 0 spiro atoms. The second-order valence-corrected chi connectivity index (χ2v) is 5.36. The third kappa shape index (κ3) is 3.85. The van der Waals surface area contributed by atoms with Gasteiger partial charge in [-0.1, -0.05) is 12.1 Å². The molecule has 2 aromatic carbocycles. The number of hydrogen-bond donors (Lipinski definition) is 0. The first-order chi connectivity index (χ1) is 8.67. The Hall–Kier alpha value is -0.810. The maximum Gasteiger partial charge on any atom is 0.127 e. The lowest BCUT2D eigenvalue weighted by Crippen LogP contribution is -1.96. The SMILES string of the molecule is Fc1cc(CCl)cc(OCc2ccc(I)cc2)c1. The Morgan fingerprint density at radius 2 is 1.78 bits per heavy atom. The molecule has 18 heavy (non-hydrogen) atoms. The molecular formula is C14H11ClFIO. The van der Waals surface area contributed by atoms with E-state index in [1.54, 1.807) is 6.07 Å². The highest BCUT2D eigenvalue weighted by Gasteiger charge is 2.02. The van der Waals surface area contributed by atoms with Crippen LogP contribution in [-0.2, 0) is 12.5 Å². The maximum atomic E-state index is 13.3. The minimum absolute atomic E-state index is 0.275. The van der Waals surface area contributed by atoms with E-state index in [1.807, 2.05) is 24.3 Å². The minimum atomic E-state index is -0.328. The minimum Gasteiger partial charge on any atom is -0.489 e. The summed E-state index contributed by atoms with van der Waals surface area (Å²) in [5, 5.41) is 0. The standard InChI is InChI=1S/C14H11ClFIO/c15-8-11-5-12(16)7-14(6-11)18-9-10-1-3-13(17)4-2-10/h1-7H,8-9H2. The molecule has 0 N–H and O–H groups in total. The Morgan fingerprint density at radius 3 is 2.44 bits per heavy atom. The molecule has 0 fully saturated rings. The van der Waals surface area contributed by atoms with E-state index in [1.165, 1.54) is 15.7 Å². The number of hydrogen-bond acceptors (Lipinski definition) is 1. The van der Waals surface area contributed by atoms with Gasteiger partial charge in [0.1, 0.15) is 18.2 Å². The average molecular weight is 377 g/mol. The molecule has 0 bridgehead atoms. The van der Waals surface area contributed by atoms with Crippen molar-refractivity contribution >= 4 is 34.2 Å². The lowest BCUT2D eigenvalue weighted by Gasteiger charge is -2.08. The van der Waals surface area contributed by atoms with E-state index >= 15 is 0 Å². The molecule has 0 heterocycles. The van der Waals surface area contributed by atoms with Gasteiger partial charge in [0.2, 0.25) is 0 Å². The summed E-state index contributed by atoms with van der Waals surface area (Å²) >= 11 is 7.93. The van der Waals surface area contributed by atoms with Crippen LogP contribution in [0.4, 0.5) is 4.39 Å². The highest BCUT2D eigenvalue weighted by Crippen LogP contribution is 2.19. The molecule has 2 aromatic rings. The summed E-state index contributed by atoms with van der Waals surface area (Å²) in [5.41, 5.74) is 1.77. The van der Waals surface area contributed by atoms with Crippen LogP contribution in [0.3, 0.4) is 0 Å². The highest BCUT2D eigenvalue weighted by molar-refractivity contribution is 14.1. The van der Waals surface area contributed by atoms with Crippen molar-refractivity contribution in [1.29, 1.82) is 0 Å². The van der Waals surface area contributed by atoms with Gasteiger partial charge in [-0.25, -0.2) is 4.39 Å². The van der Waals surface area contributed by atoms with Crippen LogP contribution in [0, 0.1) is 9.39 Å². The molecule has 0 radical (unpaired) electrons. The molecule has 0 aromatic heterocycles. The van der Waals surface area contributed by atoms with Crippen molar-refractivity contribution < 1.29 is 9.13 Å². The molecule has 0 aliphatic rings. The molecule has 0 saturated heterocycles. The van der Waals surface area contributed by atoms with Crippen LogP contribution in [0.25, 0.3) is 0 Å². The van der Waals surface area contributed by atoms with Gasteiger partial charge in [-0.2, -0.15) is 0 Å². The number of benzene rings is 2. The van der Waals surface area contributed by atoms with Crippen LogP contribution in [0.5, 0.6) is 5.75 Å². The predicted octanol–water partition coefficient (Wildman–Crippen LogP) is 4.75. The molecule has 0 aliphatic carbocycles. The van der Waals surface area contributed by atoms with Crippen LogP contribution in [0.2, 0.25) is 0 Å². The van der Waals surface area contributed by atoms with Gasteiger partial charge in [-0.05, 0) is 58.0 Å². The van der Waals surface area contributed by atoms with E-state index in [4.69, 9.17) is 16.3 Å². The second kappa shape index (κ2) is 6.38. The largest absolute Gasteiger partial charge is 0.489 e. The first-order valence-electron chi connectivity index (χ1n) is 5.40. The predicted molar refractivity (Wildman–Crippen MR) is 79.4 cm³/mol. The zero-order chi connectivity index (χ0) is 13.0. The van der Waals surface area contributed by atoms with E-state index in [-0.39, 0.29) is 11.7 Å². The van der Waals surface area contributed by atoms with Crippen molar-refractivity contribution in [1.82, 2.24) is 0 Å². The molecule has 1 nitrogen and oxygen atoms in total. The molecule has 94 valence electrons. The van der Waals surface area contributed by atoms with Crippen molar-refractivity contribution in [3.8, 4) is 5.75 Å². The van der Waals surface area contributed by atoms with Crippen LogP contribution in [0.1, 0.15) is 11.1 Å². The van der Waals surface area contributed by atoms with Gasteiger partial charge in [0, 0.05) is 15.5 Å². The first-order valence-corrected chi connectivity index (χ1v) is 7.01. The average Bonchev–Trinajstić information content (AvgIpc) is 2.37. The molecule has 0 amide bonds.